The minimum Gasteiger partial charge on any atom is -0.481 e. The Labute approximate surface area is 121 Å². The van der Waals surface area contributed by atoms with Crippen molar-refractivity contribution in [1.82, 2.24) is 15.1 Å². The Bertz CT molecular complexity index is 347. The van der Waals surface area contributed by atoms with Gasteiger partial charge in [0.05, 0.1) is 5.92 Å². The fourth-order valence-corrected chi connectivity index (χ4v) is 2.88. The molecule has 2 N–H and O–H groups in total. The van der Waals surface area contributed by atoms with Crippen molar-refractivity contribution in [3.05, 3.63) is 0 Å². The Hall–Kier alpha value is -1.30. The molecule has 0 aliphatic heterocycles. The van der Waals surface area contributed by atoms with Crippen molar-refractivity contribution >= 4 is 12.0 Å². The molecule has 6 nitrogen and oxygen atoms in total. The van der Waals surface area contributed by atoms with Crippen molar-refractivity contribution in [2.24, 2.45) is 5.92 Å². The summed E-state index contributed by atoms with van der Waals surface area (Å²) in [7, 11) is 3.97. The van der Waals surface area contributed by atoms with Crippen LogP contribution in [0.5, 0.6) is 0 Å². The maximum Gasteiger partial charge on any atom is 0.317 e. The van der Waals surface area contributed by atoms with E-state index in [-0.39, 0.29) is 24.0 Å². The summed E-state index contributed by atoms with van der Waals surface area (Å²) in [6, 6.07) is 0.0359. The lowest BCUT2D eigenvalue weighted by Crippen LogP contribution is -2.50. The number of nitrogens with zero attached hydrogens (tertiary/aromatic N) is 2. The molecule has 1 saturated carbocycles. The Kier molecular flexibility index (Phi) is 6.26. The van der Waals surface area contributed by atoms with E-state index in [9.17, 15) is 9.59 Å². The number of carboxylic acid groups (broad SMARTS) is 1. The van der Waals surface area contributed by atoms with Crippen molar-refractivity contribution in [1.29, 1.82) is 0 Å². The van der Waals surface area contributed by atoms with Crippen LogP contribution in [0.15, 0.2) is 0 Å². The molecule has 1 aliphatic rings. The van der Waals surface area contributed by atoms with Crippen LogP contribution in [0.3, 0.4) is 0 Å². The number of amides is 2. The number of urea groups is 1. The monoisotopic (exact) mass is 285 g/mol. The molecule has 1 aliphatic carbocycles. The zero-order chi connectivity index (χ0) is 15.3. The number of hydrogen-bond donors (Lipinski definition) is 2. The van der Waals surface area contributed by atoms with Crippen molar-refractivity contribution in [2.45, 2.75) is 45.2 Å². The molecule has 0 spiro atoms. The molecule has 0 radical (unpaired) electrons. The number of carbonyl (C=O) groups excluding carboxylic acids is 1. The predicted molar refractivity (Wildman–Crippen MR) is 77.7 cm³/mol. The van der Waals surface area contributed by atoms with E-state index >= 15 is 0 Å². The summed E-state index contributed by atoms with van der Waals surface area (Å²) < 4.78 is 0. The predicted octanol–water partition coefficient (Wildman–Crippen LogP) is 1.22. The molecule has 1 fully saturated rings. The van der Waals surface area contributed by atoms with Crippen LogP contribution in [0.2, 0.25) is 0 Å². The first-order valence-electron chi connectivity index (χ1n) is 7.29. The van der Waals surface area contributed by atoms with Crippen molar-refractivity contribution in [3.63, 3.8) is 0 Å². The Balaban J connectivity index is 2.50. The Morgan fingerprint density at radius 3 is 2.45 bits per heavy atom. The summed E-state index contributed by atoms with van der Waals surface area (Å²) in [5, 5.41) is 12.0. The van der Waals surface area contributed by atoms with Crippen LogP contribution < -0.4 is 5.32 Å². The number of aliphatic carboxylic acids is 1. The van der Waals surface area contributed by atoms with Crippen LogP contribution in [0.1, 0.15) is 33.1 Å². The fraction of sp³-hybridized carbons (Fsp3) is 0.857. The van der Waals surface area contributed by atoms with Gasteiger partial charge in [-0.1, -0.05) is 0 Å². The van der Waals surface area contributed by atoms with E-state index < -0.39 is 5.97 Å². The average Bonchev–Trinajstić information content (AvgIpc) is 2.77. The summed E-state index contributed by atoms with van der Waals surface area (Å²) in [5.74, 6) is -1.07. The second-order valence-corrected chi connectivity index (χ2v) is 5.89. The van der Waals surface area contributed by atoms with E-state index in [4.69, 9.17) is 5.11 Å². The number of likely N-dealkylation sites (N-methyl/N-ethyl adjacent to an activating group) is 2. The van der Waals surface area contributed by atoms with Gasteiger partial charge in [-0.2, -0.15) is 0 Å². The third kappa shape index (κ3) is 4.67. The van der Waals surface area contributed by atoms with Gasteiger partial charge in [0.1, 0.15) is 0 Å². The zero-order valence-electron chi connectivity index (χ0n) is 12.9. The number of carboxylic acids is 1. The van der Waals surface area contributed by atoms with Crippen LogP contribution in [0.25, 0.3) is 0 Å². The molecular weight excluding hydrogens is 258 g/mol. The lowest BCUT2D eigenvalue weighted by Gasteiger charge is -2.31. The zero-order valence-corrected chi connectivity index (χ0v) is 12.9. The first kappa shape index (κ1) is 16.8. The van der Waals surface area contributed by atoms with Crippen LogP contribution in [0, 0.1) is 5.92 Å². The van der Waals surface area contributed by atoms with E-state index in [0.717, 1.165) is 13.0 Å². The largest absolute Gasteiger partial charge is 0.481 e. The van der Waals surface area contributed by atoms with Gasteiger partial charge in [-0.25, -0.2) is 4.79 Å². The highest BCUT2D eigenvalue weighted by molar-refractivity contribution is 5.75. The maximum atomic E-state index is 12.3. The second kappa shape index (κ2) is 7.47. The van der Waals surface area contributed by atoms with Gasteiger partial charge in [0.2, 0.25) is 0 Å². The van der Waals surface area contributed by atoms with Gasteiger partial charge < -0.3 is 20.2 Å². The van der Waals surface area contributed by atoms with Crippen molar-refractivity contribution in [3.8, 4) is 0 Å². The Morgan fingerprint density at radius 1 is 1.35 bits per heavy atom. The van der Waals surface area contributed by atoms with Crippen LogP contribution in [0.4, 0.5) is 4.79 Å². The normalized spacial score (nSPS) is 23.6. The van der Waals surface area contributed by atoms with E-state index in [1.165, 1.54) is 0 Å². The number of nitrogens with one attached hydrogen (secondary N) is 1. The Morgan fingerprint density at radius 2 is 2.00 bits per heavy atom. The molecule has 0 heterocycles. The summed E-state index contributed by atoms with van der Waals surface area (Å²) in [4.78, 5) is 27.1. The highest BCUT2D eigenvalue weighted by Gasteiger charge is 2.31. The summed E-state index contributed by atoms with van der Waals surface area (Å²) >= 11 is 0. The molecule has 0 bridgehead atoms. The quantitative estimate of drug-likeness (QED) is 0.769. The van der Waals surface area contributed by atoms with Gasteiger partial charge in [0.15, 0.2) is 0 Å². The van der Waals surface area contributed by atoms with Crippen LogP contribution >= 0.6 is 0 Å². The molecule has 116 valence electrons. The van der Waals surface area contributed by atoms with E-state index in [2.05, 4.69) is 10.2 Å². The number of carbonyl (C=O) groups is 2. The van der Waals surface area contributed by atoms with Gasteiger partial charge in [0, 0.05) is 25.2 Å². The highest BCUT2D eigenvalue weighted by atomic mass is 16.4. The lowest BCUT2D eigenvalue weighted by atomic mass is 10.1. The summed E-state index contributed by atoms with van der Waals surface area (Å²) in [5.41, 5.74) is 0. The van der Waals surface area contributed by atoms with Crippen molar-refractivity contribution < 1.29 is 14.7 Å². The first-order valence-corrected chi connectivity index (χ1v) is 7.29. The first-order chi connectivity index (χ1) is 9.35. The summed E-state index contributed by atoms with van der Waals surface area (Å²) in [6.45, 7) is 5.44. The molecule has 3 unspecified atom stereocenters. The topological polar surface area (TPSA) is 72.9 Å². The molecule has 2 amide bonds. The van der Waals surface area contributed by atoms with Crippen molar-refractivity contribution in [2.75, 3.05) is 27.2 Å². The molecule has 6 heteroatoms. The van der Waals surface area contributed by atoms with Gasteiger partial charge >= 0.3 is 12.0 Å². The smallest absolute Gasteiger partial charge is 0.317 e. The average molecular weight is 285 g/mol. The van der Waals surface area contributed by atoms with E-state index in [0.29, 0.717) is 19.4 Å². The molecule has 0 saturated heterocycles. The molecular formula is C14H27N3O3. The fourth-order valence-electron chi connectivity index (χ4n) is 2.88. The van der Waals surface area contributed by atoms with Gasteiger partial charge in [0.25, 0.3) is 0 Å². The molecule has 3 atom stereocenters. The third-order valence-electron chi connectivity index (χ3n) is 3.87. The second-order valence-electron chi connectivity index (χ2n) is 5.89. The van der Waals surface area contributed by atoms with Gasteiger partial charge in [-0.05, 0) is 47.2 Å². The standard InChI is InChI=1S/C14H27N3O3/c1-5-17(10(2)9-16(3)4)14(20)15-12-7-6-11(8-12)13(18)19/h10-12H,5-9H2,1-4H3,(H,15,20)(H,18,19). The molecule has 20 heavy (non-hydrogen) atoms. The molecule has 0 aromatic heterocycles. The van der Waals surface area contributed by atoms with Gasteiger partial charge in [-0.15, -0.1) is 0 Å². The number of hydrogen-bond acceptors (Lipinski definition) is 3. The third-order valence-corrected chi connectivity index (χ3v) is 3.87. The maximum absolute atomic E-state index is 12.3. The van der Waals surface area contributed by atoms with Gasteiger partial charge in [-0.3, -0.25) is 4.79 Å². The van der Waals surface area contributed by atoms with E-state index in [1.54, 1.807) is 4.90 Å². The minimum absolute atomic E-state index is 0.00999. The highest BCUT2D eigenvalue weighted by Crippen LogP contribution is 2.25. The van der Waals surface area contributed by atoms with Crippen LogP contribution in [-0.2, 0) is 4.79 Å². The summed E-state index contributed by atoms with van der Waals surface area (Å²) in [6.07, 6.45) is 1.95. The minimum atomic E-state index is -0.755. The van der Waals surface area contributed by atoms with E-state index in [1.807, 2.05) is 27.9 Å². The lowest BCUT2D eigenvalue weighted by molar-refractivity contribution is -0.141. The van der Waals surface area contributed by atoms with Crippen LogP contribution in [-0.4, -0.2) is 66.2 Å². The SMILES string of the molecule is CCN(C(=O)NC1CCC(C(=O)O)C1)C(C)CN(C)C. The molecule has 0 aromatic carbocycles. The molecule has 0 aromatic rings. The molecule has 1 rings (SSSR count). The number of rotatable bonds is 6.